The minimum absolute atomic E-state index is 0.243. The van der Waals surface area contributed by atoms with Crippen LogP contribution in [0, 0.1) is 6.92 Å². The standard InChI is InChI=1S/C19H30N4O2/c1-14-6-5-7-16(12-14)15(2)13-21-18(20-3)22-17-8-10-23(11-9-17)19(24)25-4/h5-7,12,15,17H,8-11,13H2,1-4H3,(H2,20,21,22). The van der Waals surface area contributed by atoms with Crippen molar-refractivity contribution in [3.63, 3.8) is 0 Å². The first kappa shape index (κ1) is 19.1. The van der Waals surface area contributed by atoms with Crippen molar-refractivity contribution in [3.8, 4) is 0 Å². The number of likely N-dealkylation sites (tertiary alicyclic amines) is 1. The number of nitrogens with one attached hydrogen (secondary N) is 2. The zero-order valence-electron chi connectivity index (χ0n) is 15.7. The number of hydrogen-bond acceptors (Lipinski definition) is 3. The summed E-state index contributed by atoms with van der Waals surface area (Å²) in [5.74, 6) is 1.22. The van der Waals surface area contributed by atoms with E-state index in [0.717, 1.165) is 25.3 Å². The molecule has 0 radical (unpaired) electrons. The van der Waals surface area contributed by atoms with Crippen LogP contribution in [0.1, 0.15) is 36.8 Å². The highest BCUT2D eigenvalue weighted by Gasteiger charge is 2.23. The van der Waals surface area contributed by atoms with Gasteiger partial charge in [0.15, 0.2) is 5.96 Å². The van der Waals surface area contributed by atoms with Gasteiger partial charge in [-0.25, -0.2) is 4.79 Å². The number of methoxy groups -OCH3 is 1. The molecule has 1 aliphatic heterocycles. The van der Waals surface area contributed by atoms with Crippen LogP contribution in [0.5, 0.6) is 0 Å². The lowest BCUT2D eigenvalue weighted by molar-refractivity contribution is 0.111. The number of carbonyl (C=O) groups excluding carboxylic acids is 1. The molecular formula is C19H30N4O2. The first-order chi connectivity index (χ1) is 12.0. The van der Waals surface area contributed by atoms with Gasteiger partial charge in [0, 0.05) is 32.7 Å². The van der Waals surface area contributed by atoms with Crippen LogP contribution in [0.25, 0.3) is 0 Å². The molecule has 138 valence electrons. The average Bonchev–Trinajstić information content (AvgIpc) is 2.64. The molecule has 0 bridgehead atoms. The lowest BCUT2D eigenvalue weighted by Gasteiger charge is -2.32. The van der Waals surface area contributed by atoms with E-state index in [9.17, 15) is 4.79 Å². The van der Waals surface area contributed by atoms with E-state index in [1.54, 1.807) is 11.9 Å². The summed E-state index contributed by atoms with van der Waals surface area (Å²) in [6.07, 6.45) is 1.54. The topological polar surface area (TPSA) is 66.0 Å². The zero-order chi connectivity index (χ0) is 18.2. The van der Waals surface area contributed by atoms with Gasteiger partial charge >= 0.3 is 6.09 Å². The van der Waals surface area contributed by atoms with E-state index < -0.39 is 0 Å². The number of nitrogens with zero attached hydrogens (tertiary/aromatic N) is 2. The fraction of sp³-hybridized carbons (Fsp3) is 0.579. The molecule has 2 N–H and O–H groups in total. The normalized spacial score (nSPS) is 17.1. The second-order valence-electron chi connectivity index (χ2n) is 6.64. The van der Waals surface area contributed by atoms with Crippen LogP contribution in [0.4, 0.5) is 4.79 Å². The summed E-state index contributed by atoms with van der Waals surface area (Å²) in [4.78, 5) is 17.6. The average molecular weight is 346 g/mol. The third-order valence-electron chi connectivity index (χ3n) is 4.68. The third kappa shape index (κ3) is 5.66. The number of ether oxygens (including phenoxy) is 1. The van der Waals surface area contributed by atoms with Gasteiger partial charge < -0.3 is 20.3 Å². The maximum atomic E-state index is 11.5. The number of aryl methyl sites for hydroxylation is 1. The molecule has 1 aromatic carbocycles. The Morgan fingerprint density at radius 3 is 2.72 bits per heavy atom. The molecule has 2 rings (SSSR count). The van der Waals surface area contributed by atoms with Gasteiger partial charge in [0.1, 0.15) is 0 Å². The number of benzene rings is 1. The summed E-state index contributed by atoms with van der Waals surface area (Å²) < 4.78 is 4.77. The van der Waals surface area contributed by atoms with Crippen molar-refractivity contribution < 1.29 is 9.53 Å². The van der Waals surface area contributed by atoms with Gasteiger partial charge in [-0.15, -0.1) is 0 Å². The van der Waals surface area contributed by atoms with Crippen LogP contribution in [-0.2, 0) is 4.74 Å². The fourth-order valence-electron chi connectivity index (χ4n) is 3.07. The Hall–Kier alpha value is -2.24. The summed E-state index contributed by atoms with van der Waals surface area (Å²) in [6.45, 7) is 6.57. The molecule has 1 atom stereocenters. The van der Waals surface area contributed by atoms with E-state index in [1.807, 2.05) is 0 Å². The van der Waals surface area contributed by atoms with Crippen molar-refractivity contribution in [1.82, 2.24) is 15.5 Å². The maximum absolute atomic E-state index is 11.5. The highest BCUT2D eigenvalue weighted by atomic mass is 16.5. The number of hydrogen-bond donors (Lipinski definition) is 2. The molecule has 1 heterocycles. The van der Waals surface area contributed by atoms with Gasteiger partial charge in [-0.1, -0.05) is 36.8 Å². The zero-order valence-corrected chi connectivity index (χ0v) is 15.7. The number of aliphatic imine (C=N–C) groups is 1. The van der Waals surface area contributed by atoms with Crippen LogP contribution in [0.2, 0.25) is 0 Å². The molecule has 0 aromatic heterocycles. The van der Waals surface area contributed by atoms with Gasteiger partial charge in [-0.3, -0.25) is 4.99 Å². The molecular weight excluding hydrogens is 316 g/mol. The second kappa shape index (κ2) is 9.30. The SMILES string of the molecule is CN=C(NCC(C)c1cccc(C)c1)NC1CCN(C(=O)OC)CC1. The van der Waals surface area contributed by atoms with E-state index in [4.69, 9.17) is 4.74 Å². The van der Waals surface area contributed by atoms with Gasteiger partial charge in [-0.2, -0.15) is 0 Å². The van der Waals surface area contributed by atoms with Crippen molar-refractivity contribution in [2.45, 2.75) is 38.6 Å². The number of amides is 1. The Kier molecular flexibility index (Phi) is 7.10. The van der Waals surface area contributed by atoms with Crippen molar-refractivity contribution in [2.75, 3.05) is 33.8 Å². The monoisotopic (exact) mass is 346 g/mol. The smallest absolute Gasteiger partial charge is 0.409 e. The predicted octanol–water partition coefficient (Wildman–Crippen LogP) is 2.49. The minimum atomic E-state index is -0.243. The van der Waals surface area contributed by atoms with Gasteiger partial charge in [0.05, 0.1) is 7.11 Å². The van der Waals surface area contributed by atoms with Gasteiger partial charge in [0.25, 0.3) is 0 Å². The van der Waals surface area contributed by atoms with Crippen molar-refractivity contribution in [1.29, 1.82) is 0 Å². The van der Waals surface area contributed by atoms with Crippen molar-refractivity contribution in [2.24, 2.45) is 4.99 Å². The highest BCUT2D eigenvalue weighted by molar-refractivity contribution is 5.80. The quantitative estimate of drug-likeness (QED) is 0.649. The van der Waals surface area contributed by atoms with E-state index in [0.29, 0.717) is 25.0 Å². The Morgan fingerprint density at radius 1 is 1.40 bits per heavy atom. The van der Waals surface area contributed by atoms with E-state index in [1.165, 1.54) is 18.2 Å². The Bertz CT molecular complexity index is 595. The molecule has 1 aliphatic rings. The molecule has 1 aromatic rings. The van der Waals surface area contributed by atoms with E-state index >= 15 is 0 Å². The molecule has 6 heteroatoms. The lowest BCUT2D eigenvalue weighted by atomic mass is 9.99. The summed E-state index contributed by atoms with van der Waals surface area (Å²) in [5.41, 5.74) is 2.61. The highest BCUT2D eigenvalue weighted by Crippen LogP contribution is 2.15. The third-order valence-corrected chi connectivity index (χ3v) is 4.68. The molecule has 1 amide bonds. The van der Waals surface area contributed by atoms with Crippen LogP contribution < -0.4 is 10.6 Å². The largest absolute Gasteiger partial charge is 0.453 e. The molecule has 25 heavy (non-hydrogen) atoms. The van der Waals surface area contributed by atoms with E-state index in [-0.39, 0.29) is 6.09 Å². The van der Waals surface area contributed by atoms with Crippen molar-refractivity contribution in [3.05, 3.63) is 35.4 Å². The Labute approximate surface area is 150 Å². The number of guanidine groups is 1. The lowest BCUT2D eigenvalue weighted by Crippen LogP contribution is -2.50. The Morgan fingerprint density at radius 2 is 2.12 bits per heavy atom. The molecule has 0 saturated carbocycles. The molecule has 1 fully saturated rings. The predicted molar refractivity (Wildman–Crippen MR) is 101 cm³/mol. The van der Waals surface area contributed by atoms with E-state index in [2.05, 4.69) is 53.7 Å². The summed E-state index contributed by atoms with van der Waals surface area (Å²) >= 11 is 0. The van der Waals surface area contributed by atoms with Crippen LogP contribution in [0.3, 0.4) is 0 Å². The minimum Gasteiger partial charge on any atom is -0.453 e. The molecule has 1 saturated heterocycles. The van der Waals surface area contributed by atoms with Crippen LogP contribution in [0.15, 0.2) is 29.3 Å². The molecule has 0 spiro atoms. The van der Waals surface area contributed by atoms with Gasteiger partial charge in [-0.05, 0) is 31.2 Å². The molecule has 6 nitrogen and oxygen atoms in total. The Balaban J connectivity index is 1.79. The molecule has 1 unspecified atom stereocenters. The van der Waals surface area contributed by atoms with Crippen molar-refractivity contribution >= 4 is 12.1 Å². The summed E-state index contributed by atoms with van der Waals surface area (Å²) in [7, 11) is 3.21. The van der Waals surface area contributed by atoms with Gasteiger partial charge in [0.2, 0.25) is 0 Å². The number of rotatable bonds is 4. The first-order valence-electron chi connectivity index (χ1n) is 8.90. The first-order valence-corrected chi connectivity index (χ1v) is 8.90. The number of piperidine rings is 1. The second-order valence-corrected chi connectivity index (χ2v) is 6.64. The fourth-order valence-corrected chi connectivity index (χ4v) is 3.07. The molecule has 0 aliphatic carbocycles. The number of carbonyl (C=O) groups is 1. The van der Waals surface area contributed by atoms with Crippen LogP contribution >= 0.6 is 0 Å². The maximum Gasteiger partial charge on any atom is 0.409 e. The summed E-state index contributed by atoms with van der Waals surface area (Å²) in [6, 6.07) is 8.93. The summed E-state index contributed by atoms with van der Waals surface area (Å²) in [5, 5.41) is 6.87. The van der Waals surface area contributed by atoms with Crippen LogP contribution in [-0.4, -0.2) is 56.8 Å².